The van der Waals surface area contributed by atoms with Gasteiger partial charge in [-0.2, -0.15) is 0 Å². The van der Waals surface area contributed by atoms with E-state index in [9.17, 15) is 14.7 Å². The normalized spacial score (nSPS) is 11.2. The van der Waals surface area contributed by atoms with E-state index in [0.29, 0.717) is 6.42 Å². The molecule has 0 aromatic carbocycles. The summed E-state index contributed by atoms with van der Waals surface area (Å²) in [5.74, 6) is -0.860. The van der Waals surface area contributed by atoms with Crippen LogP contribution in [-0.4, -0.2) is 22.2 Å². The molecule has 0 fully saturated rings. The second kappa shape index (κ2) is 40.9. The van der Waals surface area contributed by atoms with Gasteiger partial charge in [0.05, 0.1) is 5.41 Å². The topological polar surface area (TPSA) is 91.7 Å². The van der Waals surface area contributed by atoms with E-state index in [-0.39, 0.29) is 11.8 Å². The first-order chi connectivity index (χ1) is 23.2. The average Bonchev–Trinajstić information content (AvgIpc) is 3.05. The fourth-order valence-corrected chi connectivity index (χ4v) is 7.10. The van der Waals surface area contributed by atoms with Gasteiger partial charge in [0.25, 0.3) is 0 Å². The van der Waals surface area contributed by atoms with Crippen LogP contribution in [0.4, 0.5) is 0 Å². The molecule has 0 saturated carbocycles. The summed E-state index contributed by atoms with van der Waals surface area (Å²) < 4.78 is 8.25. The summed E-state index contributed by atoms with van der Waals surface area (Å²) in [5.41, 5.74) is -0.545. The second-order valence-electron chi connectivity index (χ2n) is 15.1. The van der Waals surface area contributed by atoms with Gasteiger partial charge in [0.2, 0.25) is 0 Å². The van der Waals surface area contributed by atoms with Crippen LogP contribution in [0, 0.1) is 17.3 Å². The molecule has 0 aliphatic rings. The molecule has 48 heavy (non-hydrogen) atoms. The van der Waals surface area contributed by atoms with Crippen LogP contribution in [0.25, 0.3) is 0 Å². The van der Waals surface area contributed by atoms with Crippen molar-refractivity contribution in [1.82, 2.24) is 0 Å². The molecule has 0 rings (SSSR count). The Bertz CT molecular complexity index is 658. The summed E-state index contributed by atoms with van der Waals surface area (Å²) in [5, 5.41) is 18.3. The summed E-state index contributed by atoms with van der Waals surface area (Å²) in [6.45, 7) is 12.8. The van der Waals surface area contributed by atoms with Gasteiger partial charge in [0, 0.05) is 6.42 Å². The van der Waals surface area contributed by atoms with Crippen LogP contribution < -0.4 is 0 Å². The third-order valence-corrected chi connectivity index (χ3v) is 10.4. The molecule has 0 aliphatic heterocycles. The summed E-state index contributed by atoms with van der Waals surface area (Å²) in [7, 11) is 0. The monoisotopic (exact) mass is 717 g/mol. The molecule has 0 atom stereocenters. The Morgan fingerprint density at radius 3 is 0.875 bits per heavy atom. The van der Waals surface area contributed by atoms with E-state index in [1.165, 1.54) is 167 Å². The molecule has 2 N–H and O–H groups in total. The van der Waals surface area contributed by atoms with Gasteiger partial charge in [-0.25, -0.2) is 0 Å². The Morgan fingerprint density at radius 1 is 0.438 bits per heavy atom. The van der Waals surface area contributed by atoms with Gasteiger partial charge in [0.1, 0.15) is 0 Å². The van der Waals surface area contributed by atoms with Crippen molar-refractivity contribution in [1.29, 1.82) is 0 Å². The molecule has 286 valence electrons. The number of unbranched alkanes of at least 4 members (excludes halogenated alkanes) is 27. The van der Waals surface area contributed by atoms with Crippen molar-refractivity contribution in [3.8, 4) is 0 Å². The first-order valence-electron chi connectivity index (χ1n) is 20.8. The molecular weight excluding hydrogens is 632 g/mol. The zero-order chi connectivity index (χ0) is 36.7. The molecule has 0 heterocycles. The number of carbonyl (C=O) groups is 2. The van der Waals surface area contributed by atoms with Gasteiger partial charge >= 0.3 is 35.7 Å². The van der Waals surface area contributed by atoms with E-state index in [1.54, 1.807) is 0 Å². The van der Waals surface area contributed by atoms with E-state index in [4.69, 9.17) is 8.43 Å². The number of carboxylic acids is 2. The summed E-state index contributed by atoms with van der Waals surface area (Å²) in [6.07, 6.45) is 39.9. The summed E-state index contributed by atoms with van der Waals surface area (Å²) in [4.78, 5) is 22.2. The van der Waals surface area contributed by atoms with Gasteiger partial charge in [-0.05, 0) is 24.7 Å². The van der Waals surface area contributed by atoms with E-state index in [1.807, 2.05) is 0 Å². The molecule has 0 aromatic heterocycles. The molecule has 0 aliphatic carbocycles. The van der Waals surface area contributed by atoms with Gasteiger partial charge < -0.3 is 10.2 Å². The van der Waals surface area contributed by atoms with E-state index in [0.717, 1.165) is 46.1 Å². The third kappa shape index (κ3) is 33.9. The predicted molar refractivity (Wildman–Crippen MR) is 203 cm³/mol. The standard InChI is InChI=1S/C24H48O2.C18H36O2.O.Ti/c1-6-7-8-9-10-11-12-13-14-15-16-17-18-19-20-24(21(2)3,22(4)5)23(25)26;1-2-3-4-5-6-7-8-9-10-11-12-13-14-15-16-17-18(19)20;;/h21-22H,6-20H2,1-5H3,(H,25,26);2-17H2,1H3,(H,19,20);;. The van der Waals surface area contributed by atoms with Crippen molar-refractivity contribution in [2.75, 3.05) is 0 Å². The van der Waals surface area contributed by atoms with Crippen LogP contribution in [0.2, 0.25) is 0 Å². The molecule has 5 nitrogen and oxygen atoms in total. The van der Waals surface area contributed by atoms with Crippen LogP contribution in [0.3, 0.4) is 0 Å². The van der Waals surface area contributed by atoms with Gasteiger partial charge in [-0.15, -0.1) is 0 Å². The Morgan fingerprint density at radius 2 is 0.667 bits per heavy atom. The van der Waals surface area contributed by atoms with E-state index < -0.39 is 17.4 Å². The summed E-state index contributed by atoms with van der Waals surface area (Å²) in [6, 6.07) is 0. The maximum absolute atomic E-state index is 11.9. The van der Waals surface area contributed by atoms with Crippen molar-refractivity contribution < 1.29 is 43.5 Å². The zero-order valence-corrected chi connectivity index (χ0v) is 34.8. The fraction of sp³-hybridized carbons (Fsp3) is 0.952. The number of hydrogen-bond acceptors (Lipinski definition) is 3. The molecule has 0 bridgehead atoms. The maximum atomic E-state index is 11.9. The van der Waals surface area contributed by atoms with Gasteiger partial charge in [-0.1, -0.05) is 221 Å². The molecule has 0 unspecified atom stereocenters. The fourth-order valence-electron chi connectivity index (χ4n) is 7.10. The number of rotatable bonds is 34. The second-order valence-corrected chi connectivity index (χ2v) is 15.1. The molecular formula is C42H84O5Ti. The third-order valence-electron chi connectivity index (χ3n) is 10.4. The first-order valence-corrected chi connectivity index (χ1v) is 21.5. The first kappa shape index (κ1) is 51.8. The SMILES string of the molecule is CCCCCCCCCCCCCCCCC(C(=O)O)(C(C)C)C(C)C.CCCCCCCCCCCCCCCCCC(=O)O.[O]=[Ti]. The zero-order valence-electron chi connectivity index (χ0n) is 33.2. The van der Waals surface area contributed by atoms with Crippen LogP contribution >= 0.6 is 0 Å². The van der Waals surface area contributed by atoms with E-state index >= 15 is 0 Å². The molecule has 0 spiro atoms. The van der Waals surface area contributed by atoms with Crippen LogP contribution in [0.15, 0.2) is 0 Å². The van der Waals surface area contributed by atoms with E-state index in [2.05, 4.69) is 41.5 Å². The predicted octanol–water partition coefficient (Wildman–Crippen LogP) is 14.5. The van der Waals surface area contributed by atoms with Crippen LogP contribution in [0.5, 0.6) is 0 Å². The number of carboxylic acid groups (broad SMARTS) is 2. The van der Waals surface area contributed by atoms with Crippen molar-refractivity contribution in [3.05, 3.63) is 0 Å². The van der Waals surface area contributed by atoms with Crippen molar-refractivity contribution in [2.45, 2.75) is 241 Å². The minimum atomic E-state index is -0.653. The minimum absolute atomic E-state index is 0.196. The van der Waals surface area contributed by atoms with Crippen LogP contribution in [0.1, 0.15) is 241 Å². The molecule has 0 amide bonds. The molecule has 6 heteroatoms. The molecule has 0 radical (unpaired) electrons. The Balaban J connectivity index is -0.000000827. The van der Waals surface area contributed by atoms with Crippen molar-refractivity contribution >= 4 is 11.9 Å². The Kier molecular flexibility index (Phi) is 44.1. The van der Waals surface area contributed by atoms with Crippen molar-refractivity contribution in [2.24, 2.45) is 17.3 Å². The Labute approximate surface area is 312 Å². The Hall–Kier alpha value is -0.546. The van der Waals surface area contributed by atoms with Crippen molar-refractivity contribution in [3.63, 3.8) is 0 Å². The van der Waals surface area contributed by atoms with Gasteiger partial charge in [0.15, 0.2) is 0 Å². The summed E-state index contributed by atoms with van der Waals surface area (Å²) >= 11 is 0.750. The number of hydrogen-bond donors (Lipinski definition) is 2. The number of aliphatic carboxylic acids is 2. The molecule has 0 aromatic rings. The van der Waals surface area contributed by atoms with Gasteiger partial charge in [-0.3, -0.25) is 9.59 Å². The molecule has 0 saturated heterocycles. The van der Waals surface area contributed by atoms with Crippen LogP contribution in [-0.2, 0) is 33.3 Å². The average molecular weight is 717 g/mol. The quantitative estimate of drug-likeness (QED) is 0.0511.